The summed E-state index contributed by atoms with van der Waals surface area (Å²) in [5.74, 6) is 0.455. The summed E-state index contributed by atoms with van der Waals surface area (Å²) in [6, 6.07) is 1.96. The number of halogens is 1. The lowest BCUT2D eigenvalue weighted by Gasteiger charge is -2.07. The monoisotopic (exact) mass is 187 g/mol. The van der Waals surface area contributed by atoms with Crippen LogP contribution in [-0.2, 0) is 4.79 Å². The summed E-state index contributed by atoms with van der Waals surface area (Å²) < 4.78 is 12.8. The molecule has 66 valence electrons. The molecule has 1 fully saturated rings. The molecule has 0 saturated heterocycles. The standard InChI is InChI=1S/C8H10FNOS/c1-6(11)12-5-8(2-3-10)4-7(8)9/h7H,2,4-5H2,1H3/t7-,8-/m0/s1. The van der Waals surface area contributed by atoms with E-state index in [4.69, 9.17) is 5.26 Å². The molecule has 12 heavy (non-hydrogen) atoms. The molecule has 0 unspecified atom stereocenters. The predicted molar refractivity (Wildman–Crippen MR) is 45.3 cm³/mol. The quantitative estimate of drug-likeness (QED) is 0.677. The first-order valence-electron chi connectivity index (χ1n) is 3.75. The predicted octanol–water partition coefficient (Wildman–Crippen LogP) is 1.91. The zero-order valence-corrected chi connectivity index (χ0v) is 7.66. The van der Waals surface area contributed by atoms with Crippen molar-refractivity contribution in [2.24, 2.45) is 5.41 Å². The molecule has 4 heteroatoms. The van der Waals surface area contributed by atoms with E-state index in [0.717, 1.165) is 11.8 Å². The first-order chi connectivity index (χ1) is 5.60. The second-order valence-corrected chi connectivity index (χ2v) is 4.30. The van der Waals surface area contributed by atoms with E-state index in [-0.39, 0.29) is 11.5 Å². The third kappa shape index (κ3) is 1.98. The number of nitrogens with zero attached hydrogens (tertiary/aromatic N) is 1. The van der Waals surface area contributed by atoms with Crippen LogP contribution >= 0.6 is 11.8 Å². The second kappa shape index (κ2) is 3.44. The lowest BCUT2D eigenvalue weighted by molar-refractivity contribution is -0.109. The summed E-state index contributed by atoms with van der Waals surface area (Å²) in [6.45, 7) is 1.46. The molecule has 2 atom stereocenters. The molecule has 1 aliphatic rings. The molecule has 0 aromatic carbocycles. The van der Waals surface area contributed by atoms with E-state index in [0.29, 0.717) is 12.2 Å². The maximum absolute atomic E-state index is 12.8. The fourth-order valence-corrected chi connectivity index (χ4v) is 1.98. The molecular weight excluding hydrogens is 177 g/mol. The molecule has 0 heterocycles. The summed E-state index contributed by atoms with van der Waals surface area (Å²) in [5, 5.41) is 8.41. The van der Waals surface area contributed by atoms with Crippen LogP contribution in [0, 0.1) is 16.7 Å². The van der Waals surface area contributed by atoms with Crippen molar-refractivity contribution in [2.45, 2.75) is 25.9 Å². The third-order valence-electron chi connectivity index (χ3n) is 2.08. The van der Waals surface area contributed by atoms with Gasteiger partial charge in [0.1, 0.15) is 6.17 Å². The van der Waals surface area contributed by atoms with Gasteiger partial charge in [-0.25, -0.2) is 4.39 Å². The number of nitriles is 1. The Kier molecular flexibility index (Phi) is 2.73. The largest absolute Gasteiger partial charge is 0.288 e. The van der Waals surface area contributed by atoms with Gasteiger partial charge in [-0.1, -0.05) is 11.8 Å². The van der Waals surface area contributed by atoms with Gasteiger partial charge in [-0.15, -0.1) is 0 Å². The van der Waals surface area contributed by atoms with Crippen molar-refractivity contribution in [1.29, 1.82) is 5.26 Å². The van der Waals surface area contributed by atoms with Gasteiger partial charge >= 0.3 is 0 Å². The fourth-order valence-electron chi connectivity index (χ4n) is 1.08. The molecule has 2 nitrogen and oxygen atoms in total. The smallest absolute Gasteiger partial charge is 0.185 e. The van der Waals surface area contributed by atoms with Crippen molar-refractivity contribution in [2.75, 3.05) is 5.75 Å². The Balaban J connectivity index is 2.38. The molecular formula is C8H10FNOS. The van der Waals surface area contributed by atoms with E-state index < -0.39 is 11.6 Å². The summed E-state index contributed by atoms with van der Waals surface area (Å²) in [7, 11) is 0. The molecule has 0 radical (unpaired) electrons. The van der Waals surface area contributed by atoms with Crippen molar-refractivity contribution in [3.05, 3.63) is 0 Å². The summed E-state index contributed by atoms with van der Waals surface area (Å²) >= 11 is 1.11. The minimum atomic E-state index is -0.871. The van der Waals surface area contributed by atoms with E-state index in [1.165, 1.54) is 6.92 Å². The van der Waals surface area contributed by atoms with Gasteiger partial charge in [-0.05, 0) is 6.42 Å². The number of carbonyl (C=O) groups excluding carboxylic acids is 1. The number of hydrogen-bond acceptors (Lipinski definition) is 3. The van der Waals surface area contributed by atoms with Crippen LogP contribution < -0.4 is 0 Å². The van der Waals surface area contributed by atoms with Gasteiger partial charge < -0.3 is 0 Å². The van der Waals surface area contributed by atoms with Crippen LogP contribution in [0.2, 0.25) is 0 Å². The molecule has 0 amide bonds. The normalized spacial score (nSPS) is 32.6. The van der Waals surface area contributed by atoms with Crippen molar-refractivity contribution >= 4 is 16.9 Å². The Morgan fingerprint density at radius 3 is 2.83 bits per heavy atom. The van der Waals surface area contributed by atoms with Gasteiger partial charge in [0, 0.05) is 24.5 Å². The van der Waals surface area contributed by atoms with Crippen molar-refractivity contribution in [1.82, 2.24) is 0 Å². The van der Waals surface area contributed by atoms with E-state index in [1.54, 1.807) is 0 Å². The van der Waals surface area contributed by atoms with Gasteiger partial charge in [-0.3, -0.25) is 4.79 Å². The molecule has 1 saturated carbocycles. The van der Waals surface area contributed by atoms with Crippen LogP contribution in [0.1, 0.15) is 19.8 Å². The third-order valence-corrected chi connectivity index (χ3v) is 3.21. The topological polar surface area (TPSA) is 40.9 Å². The average Bonchev–Trinajstić information content (AvgIpc) is 2.60. The Morgan fingerprint density at radius 2 is 2.50 bits per heavy atom. The highest BCUT2D eigenvalue weighted by Crippen LogP contribution is 2.53. The first-order valence-corrected chi connectivity index (χ1v) is 4.74. The molecule has 0 aromatic heterocycles. The van der Waals surface area contributed by atoms with Crippen LogP contribution in [-0.4, -0.2) is 17.0 Å². The van der Waals surface area contributed by atoms with E-state index >= 15 is 0 Å². The highest BCUT2D eigenvalue weighted by Gasteiger charge is 2.54. The number of thioether (sulfide) groups is 1. The van der Waals surface area contributed by atoms with Gasteiger partial charge in [0.25, 0.3) is 0 Å². The van der Waals surface area contributed by atoms with Gasteiger partial charge in [0.2, 0.25) is 0 Å². The van der Waals surface area contributed by atoms with Gasteiger partial charge in [-0.2, -0.15) is 5.26 Å². The Morgan fingerprint density at radius 1 is 1.92 bits per heavy atom. The molecule has 0 bridgehead atoms. The van der Waals surface area contributed by atoms with E-state index in [2.05, 4.69) is 0 Å². The van der Waals surface area contributed by atoms with E-state index in [1.807, 2.05) is 6.07 Å². The van der Waals surface area contributed by atoms with Crippen LogP contribution in [0.4, 0.5) is 4.39 Å². The summed E-state index contributed by atoms with van der Waals surface area (Å²) in [5.41, 5.74) is -0.495. The second-order valence-electron chi connectivity index (χ2n) is 3.15. The fraction of sp³-hybridized carbons (Fsp3) is 0.750. The highest BCUT2D eigenvalue weighted by atomic mass is 32.2. The molecule has 0 aliphatic heterocycles. The SMILES string of the molecule is CC(=O)SC[C@]1(CC#N)C[C@@H]1F. The van der Waals surface area contributed by atoms with Crippen molar-refractivity contribution in [3.8, 4) is 6.07 Å². The summed E-state index contributed by atoms with van der Waals surface area (Å²) in [6.07, 6.45) is -0.195. The highest BCUT2D eigenvalue weighted by molar-refractivity contribution is 8.13. The van der Waals surface area contributed by atoms with Gasteiger partial charge in [0.15, 0.2) is 5.12 Å². The zero-order valence-electron chi connectivity index (χ0n) is 6.84. The number of alkyl halides is 1. The lowest BCUT2D eigenvalue weighted by Crippen LogP contribution is -2.08. The summed E-state index contributed by atoms with van der Waals surface area (Å²) in [4.78, 5) is 10.6. The van der Waals surface area contributed by atoms with E-state index in [9.17, 15) is 9.18 Å². The molecule has 0 N–H and O–H groups in total. The van der Waals surface area contributed by atoms with Crippen LogP contribution in [0.25, 0.3) is 0 Å². The van der Waals surface area contributed by atoms with Crippen molar-refractivity contribution in [3.63, 3.8) is 0 Å². The Labute approximate surface area is 75.1 Å². The lowest BCUT2D eigenvalue weighted by atomic mass is 10.1. The van der Waals surface area contributed by atoms with Gasteiger partial charge in [0.05, 0.1) is 6.07 Å². The molecule has 1 aliphatic carbocycles. The number of carbonyl (C=O) groups is 1. The number of hydrogen-bond donors (Lipinski definition) is 0. The maximum Gasteiger partial charge on any atom is 0.185 e. The average molecular weight is 187 g/mol. The molecule has 1 rings (SSSR count). The van der Waals surface area contributed by atoms with Crippen molar-refractivity contribution < 1.29 is 9.18 Å². The minimum absolute atomic E-state index is 0.00795. The van der Waals surface area contributed by atoms with Crippen LogP contribution in [0.5, 0.6) is 0 Å². The zero-order chi connectivity index (χ0) is 9.19. The minimum Gasteiger partial charge on any atom is -0.288 e. The molecule has 0 spiro atoms. The first kappa shape index (κ1) is 9.53. The number of rotatable bonds is 3. The molecule has 0 aromatic rings. The Hall–Kier alpha value is -0.560. The van der Waals surface area contributed by atoms with Crippen LogP contribution in [0.3, 0.4) is 0 Å². The van der Waals surface area contributed by atoms with Crippen LogP contribution in [0.15, 0.2) is 0 Å². The Bertz CT molecular complexity index is 238. The maximum atomic E-state index is 12.8.